The second kappa shape index (κ2) is 3.92. The van der Waals surface area contributed by atoms with E-state index in [9.17, 15) is 4.39 Å². The largest absolute Gasteiger partial charge is 0.293 e. The first kappa shape index (κ1) is 9.40. The van der Waals surface area contributed by atoms with Gasteiger partial charge < -0.3 is 0 Å². The summed E-state index contributed by atoms with van der Waals surface area (Å²) < 4.78 is 13.7. The van der Waals surface area contributed by atoms with Gasteiger partial charge >= 0.3 is 0 Å². The van der Waals surface area contributed by atoms with Crippen LogP contribution < -0.4 is 0 Å². The van der Waals surface area contributed by atoms with Gasteiger partial charge in [-0.2, -0.15) is 0 Å². The van der Waals surface area contributed by atoms with E-state index in [2.05, 4.69) is 51.8 Å². The van der Waals surface area contributed by atoms with Crippen LogP contribution in [-0.4, -0.2) is 24.2 Å². The van der Waals surface area contributed by atoms with Crippen LogP contribution in [0.1, 0.15) is 5.56 Å². The fourth-order valence-electron chi connectivity index (χ4n) is 1.48. The van der Waals surface area contributed by atoms with Gasteiger partial charge in [-0.25, -0.2) is 4.39 Å². The van der Waals surface area contributed by atoms with Crippen LogP contribution in [0.4, 0.5) is 4.39 Å². The summed E-state index contributed by atoms with van der Waals surface area (Å²) >= 11 is 2.28. The first-order valence-electron chi connectivity index (χ1n) is 4.35. The highest BCUT2D eigenvalue weighted by Crippen LogP contribution is 2.16. The van der Waals surface area contributed by atoms with E-state index in [1.165, 1.54) is 9.13 Å². The summed E-state index contributed by atoms with van der Waals surface area (Å²) in [4.78, 5) is 2.12. The minimum atomic E-state index is -0.594. The molecule has 70 valence electrons. The Labute approximate surface area is 91.1 Å². The van der Waals surface area contributed by atoms with E-state index in [1.54, 1.807) is 0 Å². The fourth-order valence-corrected chi connectivity index (χ4v) is 1.84. The number of benzene rings is 1. The molecule has 0 radical (unpaired) electrons. The Morgan fingerprint density at radius 3 is 2.46 bits per heavy atom. The van der Waals surface area contributed by atoms with Gasteiger partial charge in [0.2, 0.25) is 0 Å². The van der Waals surface area contributed by atoms with Crippen molar-refractivity contribution in [2.45, 2.75) is 12.7 Å². The van der Waals surface area contributed by atoms with Crippen molar-refractivity contribution in [3.8, 4) is 0 Å². The molecule has 2 rings (SSSR count). The molecular formula is C10H11FIN. The van der Waals surface area contributed by atoms with Gasteiger partial charge in [-0.1, -0.05) is 12.1 Å². The van der Waals surface area contributed by atoms with Gasteiger partial charge in [-0.3, -0.25) is 4.90 Å². The zero-order valence-electron chi connectivity index (χ0n) is 7.21. The summed E-state index contributed by atoms with van der Waals surface area (Å²) in [6.07, 6.45) is -0.594. The van der Waals surface area contributed by atoms with Crippen LogP contribution in [0.2, 0.25) is 0 Å². The molecule has 0 N–H and O–H groups in total. The van der Waals surface area contributed by atoms with Crippen LogP contribution in [0.15, 0.2) is 24.3 Å². The molecule has 13 heavy (non-hydrogen) atoms. The molecule has 0 unspecified atom stereocenters. The molecule has 1 aliphatic rings. The van der Waals surface area contributed by atoms with E-state index in [-0.39, 0.29) is 0 Å². The third-order valence-electron chi connectivity index (χ3n) is 2.23. The highest BCUT2D eigenvalue weighted by Gasteiger charge is 2.25. The zero-order valence-corrected chi connectivity index (χ0v) is 9.37. The molecule has 0 atom stereocenters. The molecule has 1 aliphatic heterocycles. The smallest absolute Gasteiger partial charge is 0.125 e. The molecule has 3 heteroatoms. The Morgan fingerprint density at radius 2 is 1.92 bits per heavy atom. The Kier molecular flexibility index (Phi) is 2.83. The maximum absolute atomic E-state index is 12.5. The minimum absolute atomic E-state index is 0.594. The third-order valence-corrected chi connectivity index (χ3v) is 2.95. The van der Waals surface area contributed by atoms with Gasteiger partial charge in [0.1, 0.15) is 6.17 Å². The zero-order chi connectivity index (χ0) is 9.26. The molecule has 1 nitrogen and oxygen atoms in total. The molecule has 1 aromatic rings. The lowest BCUT2D eigenvalue weighted by atomic mass is 10.1. The molecule has 0 saturated carbocycles. The number of rotatable bonds is 2. The van der Waals surface area contributed by atoms with E-state index in [1.807, 2.05) is 0 Å². The SMILES string of the molecule is FC1CN(Cc2ccc(I)cc2)C1. The van der Waals surface area contributed by atoms with Crippen molar-refractivity contribution in [2.75, 3.05) is 13.1 Å². The molecule has 0 amide bonds. The van der Waals surface area contributed by atoms with Crippen molar-refractivity contribution in [1.82, 2.24) is 4.90 Å². The molecule has 0 aromatic heterocycles. The lowest BCUT2D eigenvalue weighted by molar-refractivity contribution is 0.0591. The lowest BCUT2D eigenvalue weighted by Gasteiger charge is -2.34. The van der Waals surface area contributed by atoms with E-state index in [4.69, 9.17) is 0 Å². The fraction of sp³-hybridized carbons (Fsp3) is 0.400. The summed E-state index contributed by atoms with van der Waals surface area (Å²) in [5.41, 5.74) is 1.27. The van der Waals surface area contributed by atoms with E-state index in [0.29, 0.717) is 13.1 Å². The van der Waals surface area contributed by atoms with Crippen molar-refractivity contribution >= 4 is 22.6 Å². The van der Waals surface area contributed by atoms with Crippen molar-refractivity contribution in [3.63, 3.8) is 0 Å². The highest BCUT2D eigenvalue weighted by molar-refractivity contribution is 14.1. The number of nitrogens with zero attached hydrogens (tertiary/aromatic N) is 1. The van der Waals surface area contributed by atoms with Gasteiger partial charge in [0.15, 0.2) is 0 Å². The standard InChI is InChI=1S/C10H11FIN/c11-9-6-13(7-9)5-8-1-3-10(12)4-2-8/h1-4,9H,5-7H2. The molecule has 1 saturated heterocycles. The van der Waals surface area contributed by atoms with Crippen molar-refractivity contribution in [2.24, 2.45) is 0 Å². The highest BCUT2D eigenvalue weighted by atomic mass is 127. The molecule has 0 bridgehead atoms. The molecule has 1 aromatic carbocycles. The summed E-state index contributed by atoms with van der Waals surface area (Å²) in [5.74, 6) is 0. The normalized spacial score (nSPS) is 18.6. The molecule has 0 spiro atoms. The van der Waals surface area contributed by atoms with E-state index in [0.717, 1.165) is 6.54 Å². The van der Waals surface area contributed by atoms with Crippen molar-refractivity contribution in [1.29, 1.82) is 0 Å². The number of halogens is 2. The van der Waals surface area contributed by atoms with E-state index < -0.39 is 6.17 Å². The van der Waals surface area contributed by atoms with Gasteiger partial charge in [0.25, 0.3) is 0 Å². The molecule has 1 heterocycles. The number of hydrogen-bond acceptors (Lipinski definition) is 1. The Balaban J connectivity index is 1.91. The first-order valence-corrected chi connectivity index (χ1v) is 5.43. The Bertz CT molecular complexity index is 279. The third kappa shape index (κ3) is 2.40. The van der Waals surface area contributed by atoms with Gasteiger partial charge in [-0.15, -0.1) is 0 Å². The van der Waals surface area contributed by atoms with Crippen LogP contribution in [-0.2, 0) is 6.54 Å². The predicted molar refractivity (Wildman–Crippen MR) is 59.3 cm³/mol. The van der Waals surface area contributed by atoms with E-state index >= 15 is 0 Å². The monoisotopic (exact) mass is 291 g/mol. The maximum Gasteiger partial charge on any atom is 0.125 e. The van der Waals surface area contributed by atoms with Crippen molar-refractivity contribution < 1.29 is 4.39 Å². The summed E-state index contributed by atoms with van der Waals surface area (Å²) in [5, 5.41) is 0. The maximum atomic E-state index is 12.5. The van der Waals surface area contributed by atoms with Gasteiger partial charge in [0, 0.05) is 23.2 Å². The Hall–Kier alpha value is -0.160. The first-order chi connectivity index (χ1) is 6.24. The second-order valence-corrected chi connectivity index (χ2v) is 4.66. The second-order valence-electron chi connectivity index (χ2n) is 3.42. The Morgan fingerprint density at radius 1 is 1.31 bits per heavy atom. The van der Waals surface area contributed by atoms with Crippen molar-refractivity contribution in [3.05, 3.63) is 33.4 Å². The van der Waals surface area contributed by atoms with Gasteiger partial charge in [0.05, 0.1) is 0 Å². The molecular weight excluding hydrogens is 280 g/mol. The minimum Gasteiger partial charge on any atom is -0.293 e. The van der Waals surface area contributed by atoms with Crippen LogP contribution in [0.5, 0.6) is 0 Å². The summed E-state index contributed by atoms with van der Waals surface area (Å²) in [7, 11) is 0. The number of alkyl halides is 1. The van der Waals surface area contributed by atoms with Gasteiger partial charge in [-0.05, 0) is 40.3 Å². The topological polar surface area (TPSA) is 3.24 Å². The van der Waals surface area contributed by atoms with Crippen LogP contribution >= 0.6 is 22.6 Å². The number of likely N-dealkylation sites (tertiary alicyclic amines) is 1. The molecule has 0 aliphatic carbocycles. The van der Waals surface area contributed by atoms with Crippen LogP contribution in [0.3, 0.4) is 0 Å². The number of hydrogen-bond donors (Lipinski definition) is 0. The van der Waals surface area contributed by atoms with Crippen LogP contribution in [0, 0.1) is 3.57 Å². The van der Waals surface area contributed by atoms with Crippen LogP contribution in [0.25, 0.3) is 0 Å². The molecule has 1 fully saturated rings. The summed E-state index contributed by atoms with van der Waals surface area (Å²) in [6, 6.07) is 8.38. The summed E-state index contributed by atoms with van der Waals surface area (Å²) in [6.45, 7) is 2.09. The average molecular weight is 291 g/mol. The predicted octanol–water partition coefficient (Wildman–Crippen LogP) is 2.44. The quantitative estimate of drug-likeness (QED) is 0.757. The average Bonchev–Trinajstić information content (AvgIpc) is 2.06. The lowest BCUT2D eigenvalue weighted by Crippen LogP contribution is -2.47.